The number of hydrogen-bond donors (Lipinski definition) is 1. The number of pyridine rings is 1. The van der Waals surface area contributed by atoms with Crippen molar-refractivity contribution in [3.05, 3.63) is 29.6 Å². The summed E-state index contributed by atoms with van der Waals surface area (Å²) in [7, 11) is 3.25. The van der Waals surface area contributed by atoms with Crippen LogP contribution in [0.3, 0.4) is 0 Å². The highest BCUT2D eigenvalue weighted by atomic mass is 31.1. The summed E-state index contributed by atoms with van der Waals surface area (Å²) < 4.78 is 9.37. The molecule has 0 saturated carbocycles. The van der Waals surface area contributed by atoms with Crippen LogP contribution in [0.1, 0.15) is 25.1 Å². The molecule has 1 aromatic heterocycles. The van der Waals surface area contributed by atoms with Crippen molar-refractivity contribution in [3.8, 4) is 0 Å². The highest BCUT2D eigenvalue weighted by Crippen LogP contribution is 2.14. The molecule has 1 unspecified atom stereocenters. The van der Waals surface area contributed by atoms with Gasteiger partial charge in [-0.1, -0.05) is 6.07 Å². The third kappa shape index (κ3) is 7.23. The van der Waals surface area contributed by atoms with Gasteiger partial charge in [0, 0.05) is 17.4 Å². The molecule has 0 spiro atoms. The molecule has 1 aromatic rings. The Bertz CT molecular complexity index is 315. The second kappa shape index (κ2) is 5.99. The van der Waals surface area contributed by atoms with Gasteiger partial charge < -0.3 is 5.73 Å². The lowest BCUT2D eigenvalue weighted by molar-refractivity contribution is 0.551. The van der Waals surface area contributed by atoms with Gasteiger partial charge in [0.25, 0.3) is 7.68 Å². The largest absolute Gasteiger partial charge is 0.502 e. The fraction of sp³-hybridized carbons (Fsp3) is 0.500. The maximum Gasteiger partial charge on any atom is 0.502 e. The maximum absolute atomic E-state index is 9.37. The second-order valence-corrected chi connectivity index (χ2v) is 5.05. The molecule has 0 saturated heterocycles. The highest BCUT2D eigenvalue weighted by molar-refractivity contribution is 7.71. The molecular weight excluding hydrogens is 206 g/mol. The van der Waals surface area contributed by atoms with E-state index in [-0.39, 0.29) is 5.54 Å². The zero-order valence-electron chi connectivity index (χ0n) is 9.69. The molecule has 0 aliphatic heterocycles. The molecule has 1 atom stereocenters. The first-order valence-corrected chi connectivity index (χ1v) is 6.38. The summed E-state index contributed by atoms with van der Waals surface area (Å²) in [5.74, 6) is 0. The maximum atomic E-state index is 9.37. The lowest BCUT2D eigenvalue weighted by Crippen LogP contribution is -2.28. The van der Waals surface area contributed by atoms with Gasteiger partial charge in [-0.05, 0) is 32.4 Å². The van der Waals surface area contributed by atoms with Crippen LogP contribution in [0.15, 0.2) is 18.3 Å². The number of rotatable bonds is 1. The van der Waals surface area contributed by atoms with Gasteiger partial charge in [-0.2, -0.15) is 0 Å². The van der Waals surface area contributed by atoms with Crippen LogP contribution < -0.4 is 5.73 Å². The van der Waals surface area contributed by atoms with Crippen molar-refractivity contribution in [1.82, 2.24) is 4.98 Å². The average Bonchev–Trinajstić information content (AvgIpc) is 2.01. The molecule has 1 heterocycles. The fourth-order valence-corrected chi connectivity index (χ4v) is 0.849. The van der Waals surface area contributed by atoms with Gasteiger partial charge in [-0.15, -0.1) is 4.57 Å². The van der Waals surface area contributed by atoms with Crippen molar-refractivity contribution in [2.75, 3.05) is 6.66 Å². The van der Waals surface area contributed by atoms with Gasteiger partial charge in [0.05, 0.1) is 0 Å². The Hall–Kier alpha value is -0.725. The number of aromatic nitrogens is 1. The van der Waals surface area contributed by atoms with Gasteiger partial charge in [-0.25, -0.2) is 0 Å². The Morgan fingerprint density at radius 1 is 1.47 bits per heavy atom. The smallest absolute Gasteiger partial charge is 0.322 e. The van der Waals surface area contributed by atoms with Crippen LogP contribution in [0, 0.1) is 6.92 Å². The minimum absolute atomic E-state index is 0.277. The van der Waals surface area contributed by atoms with E-state index in [0.717, 1.165) is 11.3 Å². The summed E-state index contributed by atoms with van der Waals surface area (Å²) >= 11 is 0. The molecule has 0 aliphatic rings. The van der Waals surface area contributed by atoms with Crippen LogP contribution >= 0.6 is 7.68 Å². The summed E-state index contributed by atoms with van der Waals surface area (Å²) in [6.45, 7) is 7.36. The van der Waals surface area contributed by atoms with Crippen LogP contribution in [0.25, 0.3) is 0 Å². The number of hydrogen-bond acceptors (Lipinski definition) is 3. The van der Waals surface area contributed by atoms with Crippen LogP contribution in [0.4, 0.5) is 0 Å². The normalized spacial score (nSPS) is 11.4. The number of aryl methyl sites for hydroxylation is 1. The number of nitrogens with zero attached hydrogens (tertiary/aromatic N) is 1. The first-order valence-electron chi connectivity index (χ1n) is 4.61. The van der Waals surface area contributed by atoms with Gasteiger partial charge in [-0.3, -0.25) is 4.98 Å². The Balaban J connectivity index is 0.000000423. The van der Waals surface area contributed by atoms with Gasteiger partial charge >= 0.3 is 7.57 Å². The first-order chi connectivity index (χ1) is 6.73. The summed E-state index contributed by atoms with van der Waals surface area (Å²) in [4.78, 5) is 4.17. The van der Waals surface area contributed by atoms with E-state index in [9.17, 15) is 4.57 Å². The standard InChI is InChI=1S/C9H14N2.CH3BOP/c1-7-4-5-8(6-11-7)9(2,3)10;1-4(2)3/h4-6H,10H2,1-3H3;1H3/q;+1. The average molecular weight is 223 g/mol. The summed E-state index contributed by atoms with van der Waals surface area (Å²) in [5.41, 5.74) is 7.69. The van der Waals surface area contributed by atoms with E-state index < -0.39 is 7.68 Å². The molecule has 3 nitrogen and oxygen atoms in total. The lowest BCUT2D eigenvalue weighted by atomic mass is 9.97. The fourth-order valence-electron chi connectivity index (χ4n) is 0.849. The SMILES string of the molecule is Cc1ccc(C(C)(C)N)cn1.[B][P+](C)=O. The predicted octanol–water partition coefficient (Wildman–Crippen LogP) is 2.11. The van der Waals surface area contributed by atoms with Crippen molar-refractivity contribution >= 4 is 15.2 Å². The molecule has 80 valence electrons. The van der Waals surface area contributed by atoms with Gasteiger partial charge in [0.2, 0.25) is 0 Å². The number of nitrogens with two attached hydrogens (primary N) is 1. The van der Waals surface area contributed by atoms with E-state index in [1.807, 2.05) is 39.1 Å². The molecular formula is C10H17BN2OP+. The Kier molecular flexibility index (Phi) is 5.70. The van der Waals surface area contributed by atoms with Gasteiger partial charge in [0.15, 0.2) is 0 Å². The van der Waals surface area contributed by atoms with Crippen molar-refractivity contribution in [1.29, 1.82) is 0 Å². The molecule has 0 aromatic carbocycles. The zero-order chi connectivity index (χ0) is 12.1. The Morgan fingerprint density at radius 3 is 2.20 bits per heavy atom. The van der Waals surface area contributed by atoms with Crippen molar-refractivity contribution in [2.45, 2.75) is 26.3 Å². The molecule has 0 fully saturated rings. The van der Waals surface area contributed by atoms with Crippen molar-refractivity contribution in [2.24, 2.45) is 5.73 Å². The van der Waals surface area contributed by atoms with Crippen LogP contribution in [0.5, 0.6) is 0 Å². The topological polar surface area (TPSA) is 56.0 Å². The second-order valence-electron chi connectivity index (χ2n) is 3.96. The van der Waals surface area contributed by atoms with Crippen molar-refractivity contribution in [3.63, 3.8) is 0 Å². The first kappa shape index (κ1) is 14.3. The predicted molar refractivity (Wildman–Crippen MR) is 65.5 cm³/mol. The Labute approximate surface area is 93.6 Å². The summed E-state index contributed by atoms with van der Waals surface area (Å²) in [6.07, 6.45) is 1.83. The Morgan fingerprint density at radius 2 is 1.93 bits per heavy atom. The van der Waals surface area contributed by atoms with Gasteiger partial charge in [0.1, 0.15) is 6.66 Å². The van der Waals surface area contributed by atoms with Crippen LogP contribution in [-0.4, -0.2) is 19.2 Å². The molecule has 5 heteroatoms. The molecule has 2 N–H and O–H groups in total. The molecule has 0 aliphatic carbocycles. The highest BCUT2D eigenvalue weighted by Gasteiger charge is 2.13. The summed E-state index contributed by atoms with van der Waals surface area (Å²) in [6, 6.07) is 3.99. The third-order valence-electron chi connectivity index (χ3n) is 1.66. The molecule has 1 rings (SSSR count). The van der Waals surface area contributed by atoms with E-state index in [2.05, 4.69) is 12.5 Å². The minimum Gasteiger partial charge on any atom is -0.322 e. The minimum atomic E-state index is -1.37. The van der Waals surface area contributed by atoms with E-state index in [0.29, 0.717) is 0 Å². The van der Waals surface area contributed by atoms with Crippen LogP contribution in [0.2, 0.25) is 0 Å². The third-order valence-corrected chi connectivity index (χ3v) is 1.66. The van der Waals surface area contributed by atoms with E-state index in [4.69, 9.17) is 5.73 Å². The van der Waals surface area contributed by atoms with Crippen molar-refractivity contribution < 1.29 is 4.57 Å². The lowest BCUT2D eigenvalue weighted by Gasteiger charge is -2.18. The van der Waals surface area contributed by atoms with E-state index in [1.54, 1.807) is 0 Å². The summed E-state index contributed by atoms with van der Waals surface area (Å²) in [5, 5.41) is 0. The van der Waals surface area contributed by atoms with E-state index in [1.165, 1.54) is 6.66 Å². The quantitative estimate of drug-likeness (QED) is 0.585. The molecule has 15 heavy (non-hydrogen) atoms. The van der Waals surface area contributed by atoms with Crippen LogP contribution in [-0.2, 0) is 10.1 Å². The molecule has 2 radical (unpaired) electrons. The monoisotopic (exact) mass is 223 g/mol. The molecule has 0 bridgehead atoms. The molecule has 0 amide bonds. The van der Waals surface area contributed by atoms with E-state index >= 15 is 0 Å². The zero-order valence-corrected chi connectivity index (χ0v) is 10.6.